The van der Waals surface area contributed by atoms with Crippen molar-refractivity contribution in [3.8, 4) is 0 Å². The molecule has 104 valence electrons. The molecule has 0 atom stereocenters. The number of carboxylic acid groups (broad SMARTS) is 1. The highest BCUT2D eigenvalue weighted by molar-refractivity contribution is 5.83. The van der Waals surface area contributed by atoms with Crippen LogP contribution in [0.2, 0.25) is 0 Å². The lowest BCUT2D eigenvalue weighted by molar-refractivity contribution is -0.137. The van der Waals surface area contributed by atoms with E-state index in [1.807, 2.05) is 6.92 Å². The van der Waals surface area contributed by atoms with Crippen molar-refractivity contribution in [1.82, 2.24) is 10.6 Å². The van der Waals surface area contributed by atoms with Gasteiger partial charge < -0.3 is 15.7 Å². The molecule has 0 aliphatic rings. The number of unbranched alkanes of at least 4 members (excludes halogenated alkanes) is 1. The third kappa shape index (κ3) is 10.9. The smallest absolute Gasteiger partial charge is 0.303 e. The van der Waals surface area contributed by atoms with Gasteiger partial charge in [0.25, 0.3) is 0 Å². The topological polar surface area (TPSA) is 95.5 Å². The van der Waals surface area contributed by atoms with Gasteiger partial charge in [-0.3, -0.25) is 14.4 Å². The van der Waals surface area contributed by atoms with Crippen LogP contribution in [0.4, 0.5) is 0 Å². The summed E-state index contributed by atoms with van der Waals surface area (Å²) >= 11 is 0. The van der Waals surface area contributed by atoms with Crippen molar-refractivity contribution >= 4 is 17.8 Å². The highest BCUT2D eigenvalue weighted by Crippen LogP contribution is 1.94. The van der Waals surface area contributed by atoms with Crippen molar-refractivity contribution < 1.29 is 19.5 Å². The molecule has 0 spiro atoms. The molecule has 0 saturated heterocycles. The fourth-order valence-electron chi connectivity index (χ4n) is 1.30. The minimum atomic E-state index is -0.825. The Kier molecular flexibility index (Phi) is 9.62. The molecule has 6 heteroatoms. The van der Waals surface area contributed by atoms with Crippen LogP contribution < -0.4 is 10.6 Å². The van der Waals surface area contributed by atoms with Gasteiger partial charge in [0, 0.05) is 32.4 Å². The molecule has 6 nitrogen and oxygen atoms in total. The predicted octanol–water partition coefficient (Wildman–Crippen LogP) is 0.664. The standard InChI is InChI=1S/C12H22N2O4/c1-2-8-13-10(15)6-7-11(16)14-9-4-3-5-12(17)18/h2-9H2,1H3,(H,13,15)(H,14,16)(H,17,18). The molecular weight excluding hydrogens is 236 g/mol. The number of hydrogen-bond donors (Lipinski definition) is 3. The lowest BCUT2D eigenvalue weighted by atomic mass is 10.2. The lowest BCUT2D eigenvalue weighted by Crippen LogP contribution is -2.28. The summed E-state index contributed by atoms with van der Waals surface area (Å²) < 4.78 is 0. The first-order chi connectivity index (χ1) is 8.56. The summed E-state index contributed by atoms with van der Waals surface area (Å²) in [5, 5.41) is 13.8. The van der Waals surface area contributed by atoms with E-state index < -0.39 is 5.97 Å². The second-order valence-electron chi connectivity index (χ2n) is 4.05. The van der Waals surface area contributed by atoms with Crippen LogP contribution in [-0.4, -0.2) is 36.0 Å². The zero-order chi connectivity index (χ0) is 13.8. The van der Waals surface area contributed by atoms with Crippen molar-refractivity contribution in [3.05, 3.63) is 0 Å². The quantitative estimate of drug-likeness (QED) is 0.502. The van der Waals surface area contributed by atoms with E-state index in [0.29, 0.717) is 25.9 Å². The van der Waals surface area contributed by atoms with E-state index in [9.17, 15) is 14.4 Å². The molecule has 2 amide bonds. The van der Waals surface area contributed by atoms with Crippen LogP contribution in [0.5, 0.6) is 0 Å². The predicted molar refractivity (Wildman–Crippen MR) is 67.0 cm³/mol. The van der Waals surface area contributed by atoms with Gasteiger partial charge in [0.05, 0.1) is 0 Å². The van der Waals surface area contributed by atoms with Gasteiger partial charge in [0.2, 0.25) is 11.8 Å². The van der Waals surface area contributed by atoms with Crippen molar-refractivity contribution in [3.63, 3.8) is 0 Å². The average Bonchev–Trinajstić information content (AvgIpc) is 2.33. The summed E-state index contributed by atoms with van der Waals surface area (Å²) in [5.74, 6) is -1.11. The van der Waals surface area contributed by atoms with Crippen molar-refractivity contribution in [2.75, 3.05) is 13.1 Å². The maximum absolute atomic E-state index is 11.3. The van der Waals surface area contributed by atoms with Crippen molar-refractivity contribution in [2.24, 2.45) is 0 Å². The van der Waals surface area contributed by atoms with Gasteiger partial charge in [-0.05, 0) is 19.3 Å². The van der Waals surface area contributed by atoms with Gasteiger partial charge in [0.1, 0.15) is 0 Å². The number of hydrogen-bond acceptors (Lipinski definition) is 3. The second kappa shape index (κ2) is 10.6. The number of carboxylic acids is 1. The molecule has 18 heavy (non-hydrogen) atoms. The number of rotatable bonds is 10. The Morgan fingerprint density at radius 2 is 1.44 bits per heavy atom. The first-order valence-electron chi connectivity index (χ1n) is 6.31. The van der Waals surface area contributed by atoms with Crippen molar-refractivity contribution in [1.29, 1.82) is 0 Å². The molecule has 0 aromatic carbocycles. The van der Waals surface area contributed by atoms with E-state index in [2.05, 4.69) is 10.6 Å². The van der Waals surface area contributed by atoms with Gasteiger partial charge in [-0.2, -0.15) is 0 Å². The Bertz CT molecular complexity index is 279. The molecule has 0 bridgehead atoms. The average molecular weight is 258 g/mol. The van der Waals surface area contributed by atoms with Crippen LogP contribution in [0, 0.1) is 0 Å². The van der Waals surface area contributed by atoms with E-state index in [-0.39, 0.29) is 31.1 Å². The van der Waals surface area contributed by atoms with Gasteiger partial charge in [-0.1, -0.05) is 6.92 Å². The number of carbonyl (C=O) groups is 3. The molecule has 0 unspecified atom stereocenters. The number of amides is 2. The highest BCUT2D eigenvalue weighted by atomic mass is 16.4. The van der Waals surface area contributed by atoms with Crippen LogP contribution >= 0.6 is 0 Å². The van der Waals surface area contributed by atoms with Crippen LogP contribution in [0.25, 0.3) is 0 Å². The van der Waals surface area contributed by atoms with E-state index in [1.54, 1.807) is 0 Å². The maximum atomic E-state index is 11.3. The minimum Gasteiger partial charge on any atom is -0.481 e. The molecule has 0 aromatic rings. The Morgan fingerprint density at radius 1 is 0.889 bits per heavy atom. The van der Waals surface area contributed by atoms with E-state index in [0.717, 1.165) is 6.42 Å². The number of nitrogens with one attached hydrogen (secondary N) is 2. The first-order valence-corrected chi connectivity index (χ1v) is 6.31. The maximum Gasteiger partial charge on any atom is 0.303 e. The molecule has 0 fully saturated rings. The largest absolute Gasteiger partial charge is 0.481 e. The third-order valence-corrected chi connectivity index (χ3v) is 2.29. The number of aliphatic carboxylic acids is 1. The molecule has 0 radical (unpaired) electrons. The minimum absolute atomic E-state index is 0.113. The SMILES string of the molecule is CCCNC(=O)CCC(=O)NCCCCC(=O)O. The monoisotopic (exact) mass is 258 g/mol. The Labute approximate surface area is 107 Å². The zero-order valence-electron chi connectivity index (χ0n) is 10.8. The Balaban J connectivity index is 3.42. The molecule has 0 rings (SSSR count). The van der Waals surface area contributed by atoms with Crippen LogP contribution in [0.15, 0.2) is 0 Å². The fourth-order valence-corrected chi connectivity index (χ4v) is 1.30. The molecule has 3 N–H and O–H groups in total. The third-order valence-electron chi connectivity index (χ3n) is 2.29. The number of carbonyl (C=O) groups excluding carboxylic acids is 2. The summed E-state index contributed by atoms with van der Waals surface area (Å²) in [6.45, 7) is 3.06. The van der Waals surface area contributed by atoms with Gasteiger partial charge >= 0.3 is 5.97 Å². The van der Waals surface area contributed by atoms with E-state index >= 15 is 0 Å². The summed E-state index contributed by atoms with van der Waals surface area (Å²) in [7, 11) is 0. The fraction of sp³-hybridized carbons (Fsp3) is 0.750. The van der Waals surface area contributed by atoms with Crippen LogP contribution in [0.3, 0.4) is 0 Å². The Hall–Kier alpha value is -1.59. The molecular formula is C12H22N2O4. The Morgan fingerprint density at radius 3 is 1.94 bits per heavy atom. The van der Waals surface area contributed by atoms with E-state index in [4.69, 9.17) is 5.11 Å². The molecule has 0 aliphatic heterocycles. The van der Waals surface area contributed by atoms with Gasteiger partial charge in [-0.25, -0.2) is 0 Å². The normalized spacial score (nSPS) is 9.83. The highest BCUT2D eigenvalue weighted by Gasteiger charge is 2.05. The molecule has 0 aliphatic carbocycles. The second-order valence-corrected chi connectivity index (χ2v) is 4.05. The zero-order valence-corrected chi connectivity index (χ0v) is 10.8. The summed E-state index contributed by atoms with van der Waals surface area (Å²) in [4.78, 5) is 32.7. The van der Waals surface area contributed by atoms with Crippen molar-refractivity contribution in [2.45, 2.75) is 45.4 Å². The lowest BCUT2D eigenvalue weighted by Gasteiger charge is -2.05. The summed E-state index contributed by atoms with van der Waals surface area (Å²) in [6, 6.07) is 0. The first kappa shape index (κ1) is 16.4. The van der Waals surface area contributed by atoms with Gasteiger partial charge in [-0.15, -0.1) is 0 Å². The molecule has 0 heterocycles. The van der Waals surface area contributed by atoms with Crippen LogP contribution in [0.1, 0.15) is 45.4 Å². The summed E-state index contributed by atoms with van der Waals surface area (Å²) in [5.41, 5.74) is 0. The molecule has 0 aromatic heterocycles. The van der Waals surface area contributed by atoms with Crippen LogP contribution in [-0.2, 0) is 14.4 Å². The molecule has 0 saturated carbocycles. The van der Waals surface area contributed by atoms with E-state index in [1.165, 1.54) is 0 Å². The summed E-state index contributed by atoms with van der Waals surface area (Å²) in [6.07, 6.45) is 2.55. The van der Waals surface area contributed by atoms with Gasteiger partial charge in [0.15, 0.2) is 0 Å².